The number of hydrazine groups is 1. The number of likely N-dealkylation sites (N-methyl/N-ethyl adjacent to an activating group) is 1. The van der Waals surface area contributed by atoms with Gasteiger partial charge in [0.25, 0.3) is 0 Å². The van der Waals surface area contributed by atoms with Crippen LogP contribution in [0.15, 0.2) is 10.7 Å². The second kappa shape index (κ2) is 6.13. The summed E-state index contributed by atoms with van der Waals surface area (Å²) in [5.74, 6) is 6.75. The van der Waals surface area contributed by atoms with E-state index in [1.54, 1.807) is 0 Å². The molecule has 0 radical (unpaired) electrons. The number of aromatic nitrogens is 2. The van der Waals surface area contributed by atoms with Crippen molar-refractivity contribution in [3.63, 3.8) is 0 Å². The van der Waals surface area contributed by atoms with E-state index in [0.29, 0.717) is 0 Å². The standard InChI is InChI=1S/C14H26BrN5/c1-10-5-7-14(8-6-10,19(2)3)13(18-16)12-11(15)9-17-20(12)4/h9-10,13,18H,5-8,16H2,1-4H3. The third-order valence-corrected chi connectivity index (χ3v) is 5.56. The van der Waals surface area contributed by atoms with Gasteiger partial charge >= 0.3 is 0 Å². The molecule has 0 spiro atoms. The lowest BCUT2D eigenvalue weighted by Crippen LogP contribution is -2.57. The molecule has 0 aromatic carbocycles. The van der Waals surface area contributed by atoms with E-state index in [0.717, 1.165) is 28.9 Å². The van der Waals surface area contributed by atoms with Gasteiger partial charge in [0.15, 0.2) is 0 Å². The zero-order valence-corrected chi connectivity index (χ0v) is 14.4. The number of rotatable bonds is 4. The summed E-state index contributed by atoms with van der Waals surface area (Å²) in [5, 5.41) is 4.34. The van der Waals surface area contributed by atoms with Crippen LogP contribution in [0, 0.1) is 5.92 Å². The number of nitrogens with two attached hydrogens (primary N) is 1. The Hall–Kier alpha value is -0.430. The van der Waals surface area contributed by atoms with E-state index in [2.05, 4.69) is 52.4 Å². The molecule has 1 aliphatic rings. The van der Waals surface area contributed by atoms with E-state index in [1.807, 2.05) is 17.9 Å². The molecular weight excluding hydrogens is 318 g/mol. The topological polar surface area (TPSA) is 59.1 Å². The summed E-state index contributed by atoms with van der Waals surface area (Å²) in [6.07, 6.45) is 6.62. The van der Waals surface area contributed by atoms with Gasteiger partial charge in [-0.15, -0.1) is 0 Å². The summed E-state index contributed by atoms with van der Waals surface area (Å²) in [4.78, 5) is 2.34. The highest BCUT2D eigenvalue weighted by atomic mass is 79.9. The first-order valence-electron chi connectivity index (χ1n) is 7.23. The van der Waals surface area contributed by atoms with E-state index in [1.165, 1.54) is 12.8 Å². The van der Waals surface area contributed by atoms with Crippen LogP contribution >= 0.6 is 15.9 Å². The quantitative estimate of drug-likeness (QED) is 0.649. The minimum atomic E-state index is 0.0393. The van der Waals surface area contributed by atoms with Crippen LogP contribution in [0.2, 0.25) is 0 Å². The lowest BCUT2D eigenvalue weighted by Gasteiger charge is -2.49. The Morgan fingerprint density at radius 1 is 1.50 bits per heavy atom. The molecule has 5 nitrogen and oxygen atoms in total. The Balaban J connectivity index is 2.41. The van der Waals surface area contributed by atoms with Crippen molar-refractivity contribution < 1.29 is 0 Å². The number of hydrogen-bond acceptors (Lipinski definition) is 4. The van der Waals surface area contributed by atoms with E-state index in [-0.39, 0.29) is 11.6 Å². The summed E-state index contributed by atoms with van der Waals surface area (Å²) in [6.45, 7) is 2.34. The molecule has 1 saturated carbocycles. The molecule has 0 amide bonds. The molecule has 0 bridgehead atoms. The summed E-state index contributed by atoms with van der Waals surface area (Å²) in [6, 6.07) is 0.0619. The van der Waals surface area contributed by atoms with Crippen LogP contribution < -0.4 is 11.3 Å². The Labute approximate surface area is 130 Å². The van der Waals surface area contributed by atoms with E-state index in [9.17, 15) is 0 Å². The van der Waals surface area contributed by atoms with Crippen molar-refractivity contribution in [3.8, 4) is 0 Å². The van der Waals surface area contributed by atoms with Gasteiger partial charge in [0, 0.05) is 12.6 Å². The van der Waals surface area contributed by atoms with Gasteiger partial charge in [-0.25, -0.2) is 5.43 Å². The van der Waals surface area contributed by atoms with Crippen molar-refractivity contribution in [1.82, 2.24) is 20.1 Å². The van der Waals surface area contributed by atoms with Crippen LogP contribution in [0.25, 0.3) is 0 Å². The van der Waals surface area contributed by atoms with Crippen LogP contribution in [0.3, 0.4) is 0 Å². The van der Waals surface area contributed by atoms with Gasteiger partial charge in [0.1, 0.15) is 0 Å². The van der Waals surface area contributed by atoms with E-state index < -0.39 is 0 Å². The van der Waals surface area contributed by atoms with E-state index >= 15 is 0 Å². The monoisotopic (exact) mass is 343 g/mol. The average molecular weight is 344 g/mol. The van der Waals surface area contributed by atoms with Crippen LogP contribution in [-0.4, -0.2) is 34.3 Å². The molecule has 1 aliphatic carbocycles. The summed E-state index contributed by atoms with van der Waals surface area (Å²) in [5.41, 5.74) is 4.22. The van der Waals surface area contributed by atoms with Gasteiger partial charge in [-0.1, -0.05) is 6.92 Å². The van der Waals surface area contributed by atoms with Crippen molar-refractivity contribution in [2.75, 3.05) is 14.1 Å². The molecule has 6 heteroatoms. The van der Waals surface area contributed by atoms with Gasteiger partial charge in [0.2, 0.25) is 0 Å². The van der Waals surface area contributed by atoms with Crippen LogP contribution in [0.4, 0.5) is 0 Å². The molecule has 1 aromatic rings. The second-order valence-electron chi connectivity index (χ2n) is 6.28. The summed E-state index contributed by atoms with van der Waals surface area (Å²) in [7, 11) is 6.29. The lowest BCUT2D eigenvalue weighted by molar-refractivity contribution is 0.0398. The van der Waals surface area contributed by atoms with Gasteiger partial charge in [-0.05, 0) is 61.6 Å². The summed E-state index contributed by atoms with van der Waals surface area (Å²) >= 11 is 3.61. The number of nitrogens with one attached hydrogen (secondary N) is 1. The first kappa shape index (κ1) is 15.9. The first-order valence-corrected chi connectivity index (χ1v) is 8.02. The number of halogens is 1. The highest BCUT2D eigenvalue weighted by molar-refractivity contribution is 9.10. The zero-order chi connectivity index (χ0) is 14.9. The predicted molar refractivity (Wildman–Crippen MR) is 85.0 cm³/mol. The van der Waals surface area contributed by atoms with Gasteiger partial charge < -0.3 is 4.90 Å². The van der Waals surface area contributed by atoms with Crippen molar-refractivity contribution in [2.24, 2.45) is 18.8 Å². The SMILES string of the molecule is CC1CCC(C(NN)c2c(Br)cnn2C)(N(C)C)CC1. The Morgan fingerprint density at radius 2 is 2.10 bits per heavy atom. The molecule has 2 rings (SSSR count). The highest BCUT2D eigenvalue weighted by Crippen LogP contribution is 2.44. The fraction of sp³-hybridized carbons (Fsp3) is 0.786. The highest BCUT2D eigenvalue weighted by Gasteiger charge is 2.45. The van der Waals surface area contributed by atoms with Gasteiger partial charge in [0.05, 0.1) is 22.4 Å². The summed E-state index contributed by atoms with van der Waals surface area (Å²) < 4.78 is 2.93. The van der Waals surface area contributed by atoms with E-state index in [4.69, 9.17) is 5.84 Å². The maximum absolute atomic E-state index is 5.95. The largest absolute Gasteiger partial charge is 0.302 e. The minimum absolute atomic E-state index is 0.0393. The Bertz CT molecular complexity index is 429. The van der Waals surface area contributed by atoms with Crippen LogP contribution in [-0.2, 0) is 7.05 Å². The lowest BCUT2D eigenvalue weighted by atomic mass is 9.71. The van der Waals surface area contributed by atoms with Crippen molar-refractivity contribution in [2.45, 2.75) is 44.2 Å². The fourth-order valence-corrected chi connectivity index (χ4v) is 4.07. The normalized spacial score (nSPS) is 28.9. The maximum atomic E-state index is 5.95. The van der Waals surface area contributed by atoms with Gasteiger partial charge in [-0.3, -0.25) is 10.5 Å². The zero-order valence-electron chi connectivity index (χ0n) is 12.9. The smallest absolute Gasteiger partial charge is 0.0823 e. The Morgan fingerprint density at radius 3 is 2.50 bits per heavy atom. The fourth-order valence-electron chi connectivity index (χ4n) is 3.49. The molecule has 0 saturated heterocycles. The van der Waals surface area contributed by atoms with Crippen LogP contribution in [0.1, 0.15) is 44.3 Å². The molecule has 1 atom stereocenters. The minimum Gasteiger partial charge on any atom is -0.302 e. The molecule has 0 aliphatic heterocycles. The van der Waals surface area contributed by atoms with Gasteiger partial charge in [-0.2, -0.15) is 5.10 Å². The third kappa shape index (κ3) is 2.66. The molecule has 114 valence electrons. The first-order chi connectivity index (χ1) is 9.42. The van der Waals surface area contributed by atoms with Crippen molar-refractivity contribution in [1.29, 1.82) is 0 Å². The Kier molecular flexibility index (Phi) is 4.89. The van der Waals surface area contributed by atoms with Crippen molar-refractivity contribution >= 4 is 15.9 Å². The number of hydrogen-bond donors (Lipinski definition) is 2. The van der Waals surface area contributed by atoms with Crippen molar-refractivity contribution in [3.05, 3.63) is 16.4 Å². The molecule has 1 aromatic heterocycles. The maximum Gasteiger partial charge on any atom is 0.0823 e. The predicted octanol–water partition coefficient (Wildman–Crippen LogP) is 2.20. The third-order valence-electron chi connectivity index (χ3n) is 4.95. The van der Waals surface area contributed by atoms with Crippen LogP contribution in [0.5, 0.6) is 0 Å². The average Bonchev–Trinajstić information content (AvgIpc) is 2.73. The molecule has 20 heavy (non-hydrogen) atoms. The second-order valence-corrected chi connectivity index (χ2v) is 7.14. The molecular formula is C14H26BrN5. The number of aryl methyl sites for hydroxylation is 1. The molecule has 1 unspecified atom stereocenters. The molecule has 1 heterocycles. The molecule has 3 N–H and O–H groups in total. The molecule has 1 fully saturated rings. The number of nitrogens with zero attached hydrogens (tertiary/aromatic N) is 3.